The summed E-state index contributed by atoms with van der Waals surface area (Å²) in [7, 11) is 1.65. The van der Waals surface area contributed by atoms with Gasteiger partial charge >= 0.3 is 0 Å². The zero-order valence-corrected chi connectivity index (χ0v) is 9.51. The molecule has 0 saturated carbocycles. The lowest BCUT2D eigenvalue weighted by Gasteiger charge is -2.09. The third-order valence-electron chi connectivity index (χ3n) is 2.51. The van der Waals surface area contributed by atoms with E-state index < -0.39 is 0 Å². The van der Waals surface area contributed by atoms with E-state index in [1.165, 1.54) is 0 Å². The maximum atomic E-state index is 10.4. The number of nitrogens with one attached hydrogen (secondary N) is 1. The number of hydrogen-bond acceptors (Lipinski definition) is 2. The van der Waals surface area contributed by atoms with Crippen LogP contribution in [0.2, 0.25) is 0 Å². The van der Waals surface area contributed by atoms with E-state index in [0.717, 1.165) is 22.6 Å². The lowest BCUT2D eigenvalue weighted by atomic mass is 10.0. The van der Waals surface area contributed by atoms with Crippen LogP contribution in [0.3, 0.4) is 0 Å². The maximum Gasteiger partial charge on any atom is 0.211 e. The molecule has 0 aliphatic carbocycles. The van der Waals surface area contributed by atoms with Crippen LogP contribution in [0.15, 0.2) is 48.5 Å². The summed E-state index contributed by atoms with van der Waals surface area (Å²) >= 11 is 0. The monoisotopic (exact) mass is 227 g/mol. The molecule has 0 bridgehead atoms. The number of anilines is 1. The topological polar surface area (TPSA) is 38.3 Å². The van der Waals surface area contributed by atoms with Crippen molar-refractivity contribution in [3.05, 3.63) is 48.5 Å². The molecule has 0 aliphatic heterocycles. The lowest BCUT2D eigenvalue weighted by molar-refractivity contribution is -0.105. The second-order valence-electron chi connectivity index (χ2n) is 3.54. The fourth-order valence-corrected chi connectivity index (χ4v) is 1.73. The Morgan fingerprint density at radius 1 is 1.12 bits per heavy atom. The molecule has 0 aliphatic rings. The van der Waals surface area contributed by atoms with E-state index in [0.29, 0.717) is 6.41 Å². The molecule has 2 rings (SSSR count). The van der Waals surface area contributed by atoms with E-state index in [4.69, 9.17) is 4.74 Å². The largest absolute Gasteiger partial charge is 0.496 e. The average Bonchev–Trinajstić information content (AvgIpc) is 2.39. The van der Waals surface area contributed by atoms with Crippen LogP contribution in [-0.2, 0) is 4.79 Å². The number of benzene rings is 2. The maximum absolute atomic E-state index is 10.4. The number of rotatable bonds is 4. The second kappa shape index (κ2) is 5.16. The third-order valence-corrected chi connectivity index (χ3v) is 2.51. The minimum Gasteiger partial charge on any atom is -0.496 e. The van der Waals surface area contributed by atoms with Crippen molar-refractivity contribution in [2.24, 2.45) is 0 Å². The fraction of sp³-hybridized carbons (Fsp3) is 0.0714. The molecule has 17 heavy (non-hydrogen) atoms. The van der Waals surface area contributed by atoms with Crippen molar-refractivity contribution in [3.8, 4) is 16.9 Å². The average molecular weight is 227 g/mol. The summed E-state index contributed by atoms with van der Waals surface area (Å²) < 4.78 is 5.31. The molecule has 3 heteroatoms. The number of carbonyl (C=O) groups excluding carboxylic acids is 1. The first-order valence-corrected chi connectivity index (χ1v) is 5.29. The van der Waals surface area contributed by atoms with Crippen LogP contribution >= 0.6 is 0 Å². The zero-order valence-electron chi connectivity index (χ0n) is 9.51. The van der Waals surface area contributed by atoms with E-state index in [1.54, 1.807) is 7.11 Å². The van der Waals surface area contributed by atoms with E-state index >= 15 is 0 Å². The molecule has 2 aromatic rings. The molecular weight excluding hydrogens is 214 g/mol. The summed E-state index contributed by atoms with van der Waals surface area (Å²) in [6, 6.07) is 15.4. The van der Waals surface area contributed by atoms with Gasteiger partial charge in [-0.3, -0.25) is 4.79 Å². The lowest BCUT2D eigenvalue weighted by Crippen LogP contribution is -1.94. The Labute approximate surface area is 100 Å². The Morgan fingerprint density at radius 2 is 1.94 bits per heavy atom. The number of carbonyl (C=O) groups is 1. The Kier molecular flexibility index (Phi) is 3.40. The van der Waals surface area contributed by atoms with Gasteiger partial charge in [0.2, 0.25) is 6.41 Å². The molecule has 0 saturated heterocycles. The van der Waals surface area contributed by atoms with Gasteiger partial charge in [0.1, 0.15) is 5.75 Å². The van der Waals surface area contributed by atoms with Gasteiger partial charge in [-0.2, -0.15) is 0 Å². The first-order valence-electron chi connectivity index (χ1n) is 5.29. The first kappa shape index (κ1) is 11.2. The van der Waals surface area contributed by atoms with Gasteiger partial charge in [0.25, 0.3) is 0 Å². The summed E-state index contributed by atoms with van der Waals surface area (Å²) in [4.78, 5) is 10.4. The molecule has 0 unspecified atom stereocenters. The summed E-state index contributed by atoms with van der Waals surface area (Å²) in [6.45, 7) is 0. The molecule has 1 amide bonds. The summed E-state index contributed by atoms with van der Waals surface area (Å²) in [5.41, 5.74) is 2.78. The van der Waals surface area contributed by atoms with Crippen LogP contribution < -0.4 is 10.1 Å². The van der Waals surface area contributed by atoms with Crippen LogP contribution in [-0.4, -0.2) is 13.5 Å². The van der Waals surface area contributed by atoms with Gasteiger partial charge in [0, 0.05) is 11.3 Å². The van der Waals surface area contributed by atoms with Crippen molar-refractivity contribution in [3.63, 3.8) is 0 Å². The van der Waals surface area contributed by atoms with Gasteiger partial charge in [-0.25, -0.2) is 0 Å². The molecule has 3 nitrogen and oxygen atoms in total. The molecule has 1 N–H and O–H groups in total. The number of para-hydroxylation sites is 1. The van der Waals surface area contributed by atoms with Gasteiger partial charge in [-0.05, 0) is 23.8 Å². The quantitative estimate of drug-likeness (QED) is 0.815. The highest BCUT2D eigenvalue weighted by atomic mass is 16.5. The molecule has 0 heterocycles. The Morgan fingerprint density at radius 3 is 2.71 bits per heavy atom. The minimum absolute atomic E-state index is 0.668. The van der Waals surface area contributed by atoms with Crippen molar-refractivity contribution in [1.29, 1.82) is 0 Å². The van der Waals surface area contributed by atoms with Gasteiger partial charge in [0.05, 0.1) is 7.11 Å². The van der Waals surface area contributed by atoms with Crippen LogP contribution in [0.25, 0.3) is 11.1 Å². The van der Waals surface area contributed by atoms with Gasteiger partial charge in [-0.1, -0.05) is 30.3 Å². The normalized spacial score (nSPS) is 9.71. The van der Waals surface area contributed by atoms with Crippen LogP contribution in [0.1, 0.15) is 0 Å². The van der Waals surface area contributed by atoms with Crippen molar-refractivity contribution >= 4 is 12.1 Å². The molecule has 2 aromatic carbocycles. The third kappa shape index (κ3) is 2.45. The number of amides is 1. The second-order valence-corrected chi connectivity index (χ2v) is 3.54. The van der Waals surface area contributed by atoms with Gasteiger partial charge < -0.3 is 10.1 Å². The molecule has 0 fully saturated rings. The Bertz CT molecular complexity index is 523. The minimum atomic E-state index is 0.668. The Balaban J connectivity index is 2.45. The van der Waals surface area contributed by atoms with E-state index in [9.17, 15) is 4.79 Å². The standard InChI is InChI=1S/C14H13NO2/c1-17-14-8-3-2-7-13(14)11-5-4-6-12(9-11)15-10-16/h2-10H,1H3,(H,15,16). The van der Waals surface area contributed by atoms with Crippen LogP contribution in [0, 0.1) is 0 Å². The van der Waals surface area contributed by atoms with Crippen LogP contribution in [0.4, 0.5) is 5.69 Å². The molecule has 0 atom stereocenters. The number of hydrogen-bond donors (Lipinski definition) is 1. The highest BCUT2D eigenvalue weighted by Gasteiger charge is 2.04. The van der Waals surface area contributed by atoms with Gasteiger partial charge in [0.15, 0.2) is 0 Å². The van der Waals surface area contributed by atoms with Crippen LogP contribution in [0.5, 0.6) is 5.75 Å². The predicted octanol–water partition coefficient (Wildman–Crippen LogP) is 2.93. The fourth-order valence-electron chi connectivity index (χ4n) is 1.73. The predicted molar refractivity (Wildman–Crippen MR) is 68.1 cm³/mol. The first-order chi connectivity index (χ1) is 8.35. The smallest absolute Gasteiger partial charge is 0.211 e. The highest BCUT2D eigenvalue weighted by molar-refractivity contribution is 5.78. The number of methoxy groups -OCH3 is 1. The van der Waals surface area contributed by atoms with E-state index in [2.05, 4.69) is 5.32 Å². The summed E-state index contributed by atoms with van der Waals surface area (Å²) in [6.07, 6.45) is 0.668. The van der Waals surface area contributed by atoms with Gasteiger partial charge in [-0.15, -0.1) is 0 Å². The molecule has 0 radical (unpaired) electrons. The van der Waals surface area contributed by atoms with E-state index in [1.807, 2.05) is 48.5 Å². The van der Waals surface area contributed by atoms with E-state index in [-0.39, 0.29) is 0 Å². The molecule has 0 aromatic heterocycles. The highest BCUT2D eigenvalue weighted by Crippen LogP contribution is 2.30. The summed E-state index contributed by atoms with van der Waals surface area (Å²) in [5, 5.41) is 2.63. The molecular formula is C14H13NO2. The zero-order chi connectivity index (χ0) is 12.1. The van der Waals surface area contributed by atoms with Crippen molar-refractivity contribution in [1.82, 2.24) is 0 Å². The molecule has 86 valence electrons. The SMILES string of the molecule is COc1ccccc1-c1cccc(NC=O)c1. The molecule has 0 spiro atoms. The van der Waals surface area contributed by atoms with Crippen molar-refractivity contribution in [2.45, 2.75) is 0 Å². The Hall–Kier alpha value is -2.29. The summed E-state index contributed by atoms with van der Waals surface area (Å²) in [5.74, 6) is 0.816. The van der Waals surface area contributed by atoms with Crippen molar-refractivity contribution in [2.75, 3.05) is 12.4 Å². The number of ether oxygens (including phenoxy) is 1. The van der Waals surface area contributed by atoms with Crippen molar-refractivity contribution < 1.29 is 9.53 Å².